The minimum Gasteiger partial charge on any atom is -0.384 e. The van der Waals surface area contributed by atoms with Gasteiger partial charge in [-0.3, -0.25) is 4.90 Å². The highest BCUT2D eigenvalue weighted by molar-refractivity contribution is 4.98. The number of aliphatic hydroxyl groups is 1. The third-order valence-electron chi connectivity index (χ3n) is 3.18. The number of aliphatic hydroxyl groups excluding tert-OH is 1. The van der Waals surface area contributed by atoms with Gasteiger partial charge in [-0.1, -0.05) is 5.16 Å². The molecule has 2 atom stereocenters. The second-order valence-corrected chi connectivity index (χ2v) is 4.78. The first-order valence-electron chi connectivity index (χ1n) is 5.98. The first-order chi connectivity index (χ1) is 8.08. The fourth-order valence-electron chi connectivity index (χ4n) is 2.10. The SMILES string of the molecule is CC(O)c1nc(C2CN(C)CCCN2C)no1. The van der Waals surface area contributed by atoms with Gasteiger partial charge in [0.2, 0.25) is 0 Å². The van der Waals surface area contributed by atoms with Crippen LogP contribution in [0.3, 0.4) is 0 Å². The number of likely N-dealkylation sites (N-methyl/N-ethyl adjacent to an activating group) is 2. The smallest absolute Gasteiger partial charge is 0.255 e. The molecule has 0 aliphatic carbocycles. The largest absolute Gasteiger partial charge is 0.384 e. The third kappa shape index (κ3) is 2.83. The van der Waals surface area contributed by atoms with Crippen LogP contribution in [0.5, 0.6) is 0 Å². The van der Waals surface area contributed by atoms with Crippen molar-refractivity contribution >= 4 is 0 Å². The molecule has 1 aliphatic rings. The Morgan fingerprint density at radius 2 is 2.18 bits per heavy atom. The summed E-state index contributed by atoms with van der Waals surface area (Å²) in [4.78, 5) is 8.77. The van der Waals surface area contributed by atoms with Gasteiger partial charge >= 0.3 is 0 Å². The molecule has 6 heteroatoms. The van der Waals surface area contributed by atoms with Crippen molar-refractivity contribution in [1.29, 1.82) is 0 Å². The van der Waals surface area contributed by atoms with Crippen molar-refractivity contribution in [2.75, 3.05) is 33.7 Å². The molecule has 96 valence electrons. The zero-order chi connectivity index (χ0) is 12.4. The van der Waals surface area contributed by atoms with Gasteiger partial charge in [0.25, 0.3) is 5.89 Å². The summed E-state index contributed by atoms with van der Waals surface area (Å²) in [5, 5.41) is 13.4. The zero-order valence-corrected chi connectivity index (χ0v) is 10.6. The quantitative estimate of drug-likeness (QED) is 0.808. The standard InChI is InChI=1S/C11H20N4O2/c1-8(16)11-12-10(13-17-11)9-7-14(2)5-4-6-15(9)3/h8-9,16H,4-7H2,1-3H3. The van der Waals surface area contributed by atoms with Crippen LogP contribution in [0.4, 0.5) is 0 Å². The maximum Gasteiger partial charge on any atom is 0.255 e. The third-order valence-corrected chi connectivity index (χ3v) is 3.18. The molecule has 2 unspecified atom stereocenters. The van der Waals surface area contributed by atoms with E-state index in [0.29, 0.717) is 11.7 Å². The average Bonchev–Trinajstić information content (AvgIpc) is 2.68. The van der Waals surface area contributed by atoms with E-state index in [-0.39, 0.29) is 6.04 Å². The molecule has 2 rings (SSSR count). The summed E-state index contributed by atoms with van der Waals surface area (Å²) in [6.45, 7) is 4.62. The van der Waals surface area contributed by atoms with E-state index in [0.717, 1.165) is 26.1 Å². The Labute approximate surface area is 101 Å². The van der Waals surface area contributed by atoms with Crippen molar-refractivity contribution in [3.63, 3.8) is 0 Å². The second-order valence-electron chi connectivity index (χ2n) is 4.78. The van der Waals surface area contributed by atoms with Gasteiger partial charge in [0, 0.05) is 6.54 Å². The molecular formula is C11H20N4O2. The van der Waals surface area contributed by atoms with E-state index in [1.165, 1.54) is 0 Å². The van der Waals surface area contributed by atoms with E-state index < -0.39 is 6.10 Å². The summed E-state index contributed by atoms with van der Waals surface area (Å²) in [6.07, 6.45) is 0.440. The molecular weight excluding hydrogens is 220 g/mol. The van der Waals surface area contributed by atoms with Crippen molar-refractivity contribution in [3.05, 3.63) is 11.7 Å². The predicted octanol–water partition coefficient (Wildman–Crippen LogP) is 0.431. The molecule has 0 spiro atoms. The number of aromatic nitrogens is 2. The molecule has 0 bridgehead atoms. The Balaban J connectivity index is 2.17. The fourth-order valence-corrected chi connectivity index (χ4v) is 2.10. The van der Waals surface area contributed by atoms with Crippen molar-refractivity contribution < 1.29 is 9.63 Å². The van der Waals surface area contributed by atoms with Crippen LogP contribution in [0.1, 0.15) is 37.2 Å². The van der Waals surface area contributed by atoms with E-state index in [2.05, 4.69) is 34.0 Å². The van der Waals surface area contributed by atoms with E-state index in [9.17, 15) is 5.11 Å². The lowest BCUT2D eigenvalue weighted by Crippen LogP contribution is -2.31. The van der Waals surface area contributed by atoms with Gasteiger partial charge in [-0.15, -0.1) is 0 Å². The molecule has 0 radical (unpaired) electrons. The van der Waals surface area contributed by atoms with E-state index >= 15 is 0 Å². The van der Waals surface area contributed by atoms with Crippen LogP contribution in [-0.4, -0.2) is 58.8 Å². The Bertz CT molecular complexity index is 366. The lowest BCUT2D eigenvalue weighted by molar-refractivity contribution is 0.151. The Hall–Kier alpha value is -0.980. The van der Waals surface area contributed by atoms with Crippen molar-refractivity contribution in [2.24, 2.45) is 0 Å². The first-order valence-corrected chi connectivity index (χ1v) is 5.98. The lowest BCUT2D eigenvalue weighted by Gasteiger charge is -2.24. The van der Waals surface area contributed by atoms with Gasteiger partial charge in [0.1, 0.15) is 6.10 Å². The molecule has 1 saturated heterocycles. The maximum absolute atomic E-state index is 9.39. The molecule has 1 aliphatic heterocycles. The summed E-state index contributed by atoms with van der Waals surface area (Å²) in [7, 11) is 4.17. The molecule has 17 heavy (non-hydrogen) atoms. The summed E-state index contributed by atoms with van der Waals surface area (Å²) >= 11 is 0. The molecule has 1 N–H and O–H groups in total. The van der Waals surface area contributed by atoms with Crippen LogP contribution >= 0.6 is 0 Å². The Morgan fingerprint density at radius 3 is 2.82 bits per heavy atom. The monoisotopic (exact) mass is 240 g/mol. The lowest BCUT2D eigenvalue weighted by atomic mass is 10.2. The number of hydrogen-bond acceptors (Lipinski definition) is 6. The van der Waals surface area contributed by atoms with Crippen molar-refractivity contribution in [1.82, 2.24) is 19.9 Å². The summed E-state index contributed by atoms with van der Waals surface area (Å²) in [6, 6.07) is 0.138. The maximum atomic E-state index is 9.39. The summed E-state index contributed by atoms with van der Waals surface area (Å²) in [5.74, 6) is 0.956. The second kappa shape index (κ2) is 5.12. The normalized spacial score (nSPS) is 25.8. The molecule has 0 saturated carbocycles. The van der Waals surface area contributed by atoms with Gasteiger partial charge in [0.05, 0.1) is 6.04 Å². The van der Waals surface area contributed by atoms with Crippen LogP contribution in [0.2, 0.25) is 0 Å². The van der Waals surface area contributed by atoms with Crippen molar-refractivity contribution in [3.8, 4) is 0 Å². The Morgan fingerprint density at radius 1 is 1.41 bits per heavy atom. The molecule has 0 amide bonds. The first kappa shape index (κ1) is 12.5. The van der Waals surface area contributed by atoms with Gasteiger partial charge in [-0.05, 0) is 40.5 Å². The summed E-state index contributed by atoms with van der Waals surface area (Å²) < 4.78 is 5.05. The van der Waals surface area contributed by atoms with E-state index in [1.807, 2.05) is 0 Å². The highest BCUT2D eigenvalue weighted by atomic mass is 16.5. The van der Waals surface area contributed by atoms with Crippen LogP contribution in [0.15, 0.2) is 4.52 Å². The molecule has 1 fully saturated rings. The molecule has 2 heterocycles. The minimum absolute atomic E-state index is 0.138. The molecule has 6 nitrogen and oxygen atoms in total. The topological polar surface area (TPSA) is 65.6 Å². The highest BCUT2D eigenvalue weighted by Gasteiger charge is 2.27. The number of hydrogen-bond donors (Lipinski definition) is 1. The predicted molar refractivity (Wildman–Crippen MR) is 62.4 cm³/mol. The number of nitrogens with zero attached hydrogens (tertiary/aromatic N) is 4. The van der Waals surface area contributed by atoms with Crippen LogP contribution < -0.4 is 0 Å². The van der Waals surface area contributed by atoms with Crippen LogP contribution in [0, 0.1) is 0 Å². The average molecular weight is 240 g/mol. The number of rotatable bonds is 2. The fraction of sp³-hybridized carbons (Fsp3) is 0.818. The zero-order valence-electron chi connectivity index (χ0n) is 10.6. The van der Waals surface area contributed by atoms with Crippen LogP contribution in [-0.2, 0) is 0 Å². The minimum atomic E-state index is -0.704. The molecule has 1 aromatic rings. The molecule has 1 aromatic heterocycles. The van der Waals surface area contributed by atoms with Gasteiger partial charge in [-0.25, -0.2) is 0 Å². The summed E-state index contributed by atoms with van der Waals surface area (Å²) in [5.41, 5.74) is 0. The highest BCUT2D eigenvalue weighted by Crippen LogP contribution is 2.21. The van der Waals surface area contributed by atoms with Crippen LogP contribution in [0.25, 0.3) is 0 Å². The Kier molecular flexibility index (Phi) is 3.76. The van der Waals surface area contributed by atoms with E-state index in [4.69, 9.17) is 4.52 Å². The van der Waals surface area contributed by atoms with Gasteiger partial charge < -0.3 is 14.5 Å². The van der Waals surface area contributed by atoms with Crippen molar-refractivity contribution in [2.45, 2.75) is 25.5 Å². The van der Waals surface area contributed by atoms with Gasteiger partial charge in [-0.2, -0.15) is 4.98 Å². The van der Waals surface area contributed by atoms with Gasteiger partial charge in [0.15, 0.2) is 5.82 Å². The molecule has 0 aromatic carbocycles. The van der Waals surface area contributed by atoms with E-state index in [1.54, 1.807) is 6.92 Å².